The largest absolute Gasteiger partial charge is 0.366 e. The van der Waals surface area contributed by atoms with E-state index in [1.54, 1.807) is 12.1 Å². The van der Waals surface area contributed by atoms with Crippen LogP contribution >= 0.6 is 0 Å². The minimum absolute atomic E-state index is 0.0421. The molecule has 0 aliphatic carbocycles. The number of rotatable bonds is 3. The standard InChI is InChI=1S/C10H14N2O/c1-7(11)6-8-4-2-3-5-9(8)10(12)13/h2-5,7H,6,11H2,1H3,(H2,12,13)/t7-/m1/s1. The lowest BCUT2D eigenvalue weighted by atomic mass is 10.0. The van der Waals surface area contributed by atoms with Crippen molar-refractivity contribution in [2.75, 3.05) is 0 Å². The van der Waals surface area contributed by atoms with E-state index >= 15 is 0 Å². The van der Waals surface area contributed by atoms with Crippen LogP contribution in [0, 0.1) is 0 Å². The van der Waals surface area contributed by atoms with Crippen LogP contribution < -0.4 is 11.5 Å². The van der Waals surface area contributed by atoms with Crippen LogP contribution in [0.15, 0.2) is 24.3 Å². The van der Waals surface area contributed by atoms with E-state index in [0.717, 1.165) is 5.56 Å². The summed E-state index contributed by atoms with van der Waals surface area (Å²) in [6.07, 6.45) is 0.680. The van der Waals surface area contributed by atoms with E-state index in [4.69, 9.17) is 11.5 Å². The summed E-state index contributed by atoms with van der Waals surface area (Å²) in [5, 5.41) is 0. The molecule has 0 spiro atoms. The molecule has 0 saturated carbocycles. The summed E-state index contributed by atoms with van der Waals surface area (Å²) in [6.45, 7) is 1.90. The Morgan fingerprint density at radius 1 is 1.46 bits per heavy atom. The number of carbonyl (C=O) groups excluding carboxylic acids is 1. The first kappa shape index (κ1) is 9.74. The number of primary amides is 1. The van der Waals surface area contributed by atoms with E-state index < -0.39 is 5.91 Å². The second-order valence-corrected chi connectivity index (χ2v) is 3.20. The summed E-state index contributed by atoms with van der Waals surface area (Å²) in [5.41, 5.74) is 12.3. The van der Waals surface area contributed by atoms with Gasteiger partial charge in [0, 0.05) is 11.6 Å². The van der Waals surface area contributed by atoms with Gasteiger partial charge >= 0.3 is 0 Å². The molecule has 1 atom stereocenters. The summed E-state index contributed by atoms with van der Waals surface area (Å²) < 4.78 is 0. The third kappa shape index (κ3) is 2.56. The Labute approximate surface area is 77.7 Å². The zero-order valence-corrected chi connectivity index (χ0v) is 7.66. The number of nitrogens with two attached hydrogens (primary N) is 2. The summed E-state index contributed by atoms with van der Waals surface area (Å²) in [4.78, 5) is 11.0. The van der Waals surface area contributed by atoms with Gasteiger partial charge in [-0.3, -0.25) is 4.79 Å². The fraction of sp³-hybridized carbons (Fsp3) is 0.300. The Morgan fingerprint density at radius 3 is 2.62 bits per heavy atom. The monoisotopic (exact) mass is 178 g/mol. The van der Waals surface area contributed by atoms with E-state index in [0.29, 0.717) is 12.0 Å². The molecule has 0 aliphatic heterocycles. The molecule has 0 aromatic heterocycles. The highest BCUT2D eigenvalue weighted by Crippen LogP contribution is 2.09. The molecular weight excluding hydrogens is 164 g/mol. The van der Waals surface area contributed by atoms with Crippen LogP contribution in [0.25, 0.3) is 0 Å². The molecule has 0 aliphatic rings. The zero-order chi connectivity index (χ0) is 9.84. The third-order valence-electron chi connectivity index (χ3n) is 1.82. The van der Waals surface area contributed by atoms with E-state index in [1.165, 1.54) is 0 Å². The topological polar surface area (TPSA) is 69.1 Å². The highest BCUT2D eigenvalue weighted by Gasteiger charge is 2.07. The Bertz CT molecular complexity index is 308. The molecule has 0 bridgehead atoms. The van der Waals surface area contributed by atoms with E-state index in [9.17, 15) is 4.79 Å². The average molecular weight is 178 g/mol. The van der Waals surface area contributed by atoms with E-state index in [2.05, 4.69) is 0 Å². The Morgan fingerprint density at radius 2 is 2.08 bits per heavy atom. The van der Waals surface area contributed by atoms with Crippen molar-refractivity contribution in [1.29, 1.82) is 0 Å². The highest BCUT2D eigenvalue weighted by atomic mass is 16.1. The Kier molecular flexibility index (Phi) is 3.03. The lowest BCUT2D eigenvalue weighted by Gasteiger charge is -2.08. The maximum Gasteiger partial charge on any atom is 0.248 e. The molecule has 13 heavy (non-hydrogen) atoms. The first-order chi connectivity index (χ1) is 6.11. The highest BCUT2D eigenvalue weighted by molar-refractivity contribution is 5.94. The number of amides is 1. The van der Waals surface area contributed by atoms with Crippen LogP contribution in [0.1, 0.15) is 22.8 Å². The van der Waals surface area contributed by atoms with Crippen LogP contribution in [0.5, 0.6) is 0 Å². The Balaban J connectivity index is 2.98. The number of hydrogen-bond donors (Lipinski definition) is 2. The first-order valence-electron chi connectivity index (χ1n) is 4.24. The molecule has 0 saturated heterocycles. The van der Waals surface area contributed by atoms with Crippen molar-refractivity contribution in [1.82, 2.24) is 0 Å². The second kappa shape index (κ2) is 4.05. The van der Waals surface area contributed by atoms with Gasteiger partial charge in [0.15, 0.2) is 0 Å². The fourth-order valence-electron chi connectivity index (χ4n) is 1.29. The maximum absolute atomic E-state index is 11.0. The first-order valence-corrected chi connectivity index (χ1v) is 4.24. The minimum atomic E-state index is -0.392. The average Bonchev–Trinajstić information content (AvgIpc) is 2.03. The SMILES string of the molecule is C[C@@H](N)Cc1ccccc1C(N)=O. The summed E-state index contributed by atoms with van der Waals surface area (Å²) in [7, 11) is 0. The zero-order valence-electron chi connectivity index (χ0n) is 7.66. The van der Waals surface area contributed by atoms with Gasteiger partial charge in [-0.1, -0.05) is 18.2 Å². The van der Waals surface area contributed by atoms with E-state index in [1.807, 2.05) is 19.1 Å². The molecule has 0 fully saturated rings. The molecule has 1 aromatic carbocycles. The number of hydrogen-bond acceptors (Lipinski definition) is 2. The summed E-state index contributed by atoms with van der Waals surface area (Å²) >= 11 is 0. The molecule has 3 nitrogen and oxygen atoms in total. The molecule has 1 rings (SSSR count). The lowest BCUT2D eigenvalue weighted by Crippen LogP contribution is -2.21. The minimum Gasteiger partial charge on any atom is -0.366 e. The molecular formula is C10H14N2O. The molecule has 0 heterocycles. The third-order valence-corrected chi connectivity index (χ3v) is 1.82. The van der Waals surface area contributed by atoms with Gasteiger partial charge in [0.2, 0.25) is 5.91 Å². The molecule has 1 aromatic rings. The van der Waals surface area contributed by atoms with Crippen molar-refractivity contribution in [3.05, 3.63) is 35.4 Å². The van der Waals surface area contributed by atoms with Crippen LogP contribution in [-0.2, 0) is 6.42 Å². The van der Waals surface area contributed by atoms with E-state index in [-0.39, 0.29) is 6.04 Å². The van der Waals surface area contributed by atoms with Gasteiger partial charge in [0.05, 0.1) is 0 Å². The molecule has 0 radical (unpaired) electrons. The summed E-state index contributed by atoms with van der Waals surface area (Å²) in [5.74, 6) is -0.392. The van der Waals surface area contributed by atoms with Crippen molar-refractivity contribution in [2.24, 2.45) is 11.5 Å². The van der Waals surface area contributed by atoms with Crippen molar-refractivity contribution in [2.45, 2.75) is 19.4 Å². The number of carbonyl (C=O) groups is 1. The van der Waals surface area contributed by atoms with Gasteiger partial charge < -0.3 is 11.5 Å². The lowest BCUT2D eigenvalue weighted by molar-refractivity contribution is 0.0999. The maximum atomic E-state index is 11.0. The Hall–Kier alpha value is -1.35. The van der Waals surface area contributed by atoms with Gasteiger partial charge in [0.25, 0.3) is 0 Å². The van der Waals surface area contributed by atoms with Crippen molar-refractivity contribution in [3.8, 4) is 0 Å². The van der Waals surface area contributed by atoms with Crippen molar-refractivity contribution in [3.63, 3.8) is 0 Å². The summed E-state index contributed by atoms with van der Waals surface area (Å²) in [6, 6.07) is 7.32. The smallest absolute Gasteiger partial charge is 0.248 e. The second-order valence-electron chi connectivity index (χ2n) is 3.20. The molecule has 4 N–H and O–H groups in total. The van der Waals surface area contributed by atoms with Crippen LogP contribution in [0.2, 0.25) is 0 Å². The van der Waals surface area contributed by atoms with Gasteiger partial charge in [-0.15, -0.1) is 0 Å². The molecule has 3 heteroatoms. The predicted molar refractivity (Wildman–Crippen MR) is 52.3 cm³/mol. The number of benzene rings is 1. The van der Waals surface area contributed by atoms with Crippen LogP contribution in [-0.4, -0.2) is 11.9 Å². The van der Waals surface area contributed by atoms with Crippen molar-refractivity contribution >= 4 is 5.91 Å². The quantitative estimate of drug-likeness (QED) is 0.714. The predicted octanol–water partition coefficient (Wildman–Crippen LogP) is 0.675. The van der Waals surface area contributed by atoms with Crippen molar-refractivity contribution < 1.29 is 4.79 Å². The van der Waals surface area contributed by atoms with Gasteiger partial charge in [0.1, 0.15) is 0 Å². The fourth-order valence-corrected chi connectivity index (χ4v) is 1.29. The van der Waals surface area contributed by atoms with Gasteiger partial charge in [-0.05, 0) is 25.0 Å². The molecule has 70 valence electrons. The molecule has 1 amide bonds. The van der Waals surface area contributed by atoms with Crippen LogP contribution in [0.4, 0.5) is 0 Å². The van der Waals surface area contributed by atoms with Gasteiger partial charge in [-0.25, -0.2) is 0 Å². The van der Waals surface area contributed by atoms with Gasteiger partial charge in [-0.2, -0.15) is 0 Å². The normalized spacial score (nSPS) is 12.5. The van der Waals surface area contributed by atoms with Crippen LogP contribution in [0.3, 0.4) is 0 Å². The molecule has 0 unspecified atom stereocenters.